The lowest BCUT2D eigenvalue weighted by atomic mass is 9.55. The standard InChI is InChI=1S/C36H28N2O9/c39-17-10-24(40)18-13-26(42)33(46-28(18)11-17)19-12-23-32(38-22-7-3-2-6-21(22)37-23)20-14-25(41)30-15-36(20,31(19)35(43)44)34-29(45-30)9-16-5-1-4-8-27(16)47-34/h1-8,10-12,14,26,29-31,33-34,39-40,42H,9,13,15H2,(H,43,44)/t26-,29-,30+,31-,33-,34+,36-/m1/s1. The molecule has 0 radical (unpaired) electrons. The van der Waals surface area contributed by atoms with Crippen LogP contribution < -0.4 is 9.47 Å². The molecule has 3 aliphatic heterocycles. The Morgan fingerprint density at radius 2 is 1.68 bits per heavy atom. The van der Waals surface area contributed by atoms with Gasteiger partial charge in [0.05, 0.1) is 39.9 Å². The second kappa shape index (κ2) is 9.87. The highest BCUT2D eigenvalue weighted by molar-refractivity contribution is 6.05. The maximum atomic E-state index is 13.8. The van der Waals surface area contributed by atoms with Crippen molar-refractivity contribution in [1.29, 1.82) is 0 Å². The molecule has 1 spiro atoms. The molecule has 1 saturated heterocycles. The van der Waals surface area contributed by atoms with Crippen molar-refractivity contribution in [2.75, 3.05) is 0 Å². The van der Waals surface area contributed by atoms with Crippen molar-refractivity contribution < 1.29 is 44.2 Å². The number of carboxylic acid groups (broad SMARTS) is 1. The summed E-state index contributed by atoms with van der Waals surface area (Å²) in [4.78, 5) is 37.4. The fraction of sp³-hybridized carbons (Fsp3) is 0.278. The third-order valence-electron chi connectivity index (χ3n) is 10.2. The Bertz CT molecular complexity index is 2110. The first-order chi connectivity index (χ1) is 22.7. The molecule has 47 heavy (non-hydrogen) atoms. The molecule has 4 heterocycles. The fourth-order valence-corrected chi connectivity index (χ4v) is 8.30. The van der Waals surface area contributed by atoms with Gasteiger partial charge in [-0.1, -0.05) is 30.3 Å². The van der Waals surface area contributed by atoms with E-state index in [2.05, 4.69) is 0 Å². The first kappa shape index (κ1) is 28.0. The van der Waals surface area contributed by atoms with E-state index in [1.54, 1.807) is 18.2 Å². The second-order valence-corrected chi connectivity index (χ2v) is 12.8. The molecule has 1 fully saturated rings. The quantitative estimate of drug-likeness (QED) is 0.255. The van der Waals surface area contributed by atoms with Crippen molar-refractivity contribution in [3.05, 3.63) is 94.8 Å². The molecule has 9 rings (SSSR count). The van der Waals surface area contributed by atoms with Crippen LogP contribution in [-0.2, 0) is 27.2 Å². The summed E-state index contributed by atoms with van der Waals surface area (Å²) < 4.78 is 19.4. The predicted molar refractivity (Wildman–Crippen MR) is 166 cm³/mol. The average Bonchev–Trinajstić information content (AvgIpc) is 3.16. The molecule has 3 aromatic carbocycles. The van der Waals surface area contributed by atoms with E-state index < -0.39 is 47.8 Å². The Morgan fingerprint density at radius 1 is 0.915 bits per heavy atom. The van der Waals surface area contributed by atoms with Crippen LogP contribution in [0.15, 0.2) is 72.3 Å². The number of carbonyl (C=O) groups is 2. The van der Waals surface area contributed by atoms with E-state index in [0.717, 1.165) is 11.6 Å². The van der Waals surface area contributed by atoms with E-state index in [1.165, 1.54) is 12.1 Å². The smallest absolute Gasteiger partial charge is 0.311 e. The molecule has 11 heteroatoms. The number of rotatable bonds is 2. The highest BCUT2D eigenvalue weighted by Gasteiger charge is 2.66. The number of aliphatic hydroxyl groups excluding tert-OH is 1. The lowest BCUT2D eigenvalue weighted by molar-refractivity contribution is -0.187. The van der Waals surface area contributed by atoms with Gasteiger partial charge in [0.25, 0.3) is 0 Å². The van der Waals surface area contributed by atoms with E-state index >= 15 is 0 Å². The van der Waals surface area contributed by atoms with Crippen molar-refractivity contribution in [3.8, 4) is 23.0 Å². The van der Waals surface area contributed by atoms with Gasteiger partial charge in [-0.25, -0.2) is 9.97 Å². The molecule has 4 aromatic rings. The van der Waals surface area contributed by atoms with Crippen LogP contribution >= 0.6 is 0 Å². The Labute approximate surface area is 267 Å². The van der Waals surface area contributed by atoms with Gasteiger partial charge in [-0.15, -0.1) is 0 Å². The van der Waals surface area contributed by atoms with Crippen molar-refractivity contribution in [1.82, 2.24) is 9.97 Å². The first-order valence-corrected chi connectivity index (χ1v) is 15.5. The number of para-hydroxylation sites is 3. The molecular weight excluding hydrogens is 604 g/mol. The minimum Gasteiger partial charge on any atom is -0.508 e. The molecular formula is C36H28N2O9. The molecule has 236 valence electrons. The van der Waals surface area contributed by atoms with Gasteiger partial charge in [0.2, 0.25) is 0 Å². The summed E-state index contributed by atoms with van der Waals surface area (Å²) in [7, 11) is 0. The summed E-state index contributed by atoms with van der Waals surface area (Å²) in [5.41, 5.74) is 2.15. The highest BCUT2D eigenvalue weighted by atomic mass is 16.6. The maximum absolute atomic E-state index is 13.8. The zero-order chi connectivity index (χ0) is 32.2. The summed E-state index contributed by atoms with van der Waals surface area (Å²) >= 11 is 0. The number of aliphatic carboxylic acids is 1. The number of phenols is 2. The number of ketones is 1. The number of hydrogen-bond donors (Lipinski definition) is 4. The number of hydrogen-bond acceptors (Lipinski definition) is 10. The fourth-order valence-electron chi connectivity index (χ4n) is 8.30. The molecule has 11 nitrogen and oxygen atoms in total. The zero-order valence-corrected chi connectivity index (χ0v) is 24.7. The Hall–Kier alpha value is -5.26. The van der Waals surface area contributed by atoms with E-state index in [1.807, 2.05) is 36.4 Å². The minimum atomic E-state index is -1.40. The van der Waals surface area contributed by atoms with Crippen LogP contribution in [0.5, 0.6) is 23.0 Å². The molecule has 0 saturated carbocycles. The van der Waals surface area contributed by atoms with Gasteiger partial charge in [0.1, 0.15) is 47.4 Å². The summed E-state index contributed by atoms with van der Waals surface area (Å²) in [5.74, 6) is -2.68. The topological polar surface area (TPSA) is 169 Å². The third kappa shape index (κ3) is 3.99. The number of carboxylic acids is 1. The van der Waals surface area contributed by atoms with Crippen molar-refractivity contribution >= 4 is 34.4 Å². The molecule has 4 N–H and O–H groups in total. The van der Waals surface area contributed by atoms with Gasteiger partial charge in [0.15, 0.2) is 5.78 Å². The van der Waals surface area contributed by atoms with Crippen LogP contribution in [0.2, 0.25) is 0 Å². The summed E-state index contributed by atoms with van der Waals surface area (Å²) in [6.07, 6.45) is -1.61. The van der Waals surface area contributed by atoms with Gasteiger partial charge in [0, 0.05) is 30.5 Å². The van der Waals surface area contributed by atoms with Gasteiger partial charge in [-0.3, -0.25) is 9.59 Å². The van der Waals surface area contributed by atoms with Crippen molar-refractivity contribution in [3.63, 3.8) is 0 Å². The lowest BCUT2D eigenvalue weighted by Crippen LogP contribution is -2.65. The van der Waals surface area contributed by atoms with Gasteiger partial charge in [-0.05, 0) is 53.5 Å². The van der Waals surface area contributed by atoms with Crippen molar-refractivity contribution in [2.24, 2.45) is 11.3 Å². The molecule has 0 amide bonds. The first-order valence-electron chi connectivity index (χ1n) is 15.5. The van der Waals surface area contributed by atoms with E-state index in [4.69, 9.17) is 24.2 Å². The number of nitrogens with zero attached hydrogens (tertiary/aromatic N) is 2. The molecule has 2 bridgehead atoms. The van der Waals surface area contributed by atoms with Gasteiger partial charge < -0.3 is 34.6 Å². The van der Waals surface area contributed by atoms with E-state index in [-0.39, 0.29) is 41.4 Å². The van der Waals surface area contributed by atoms with Crippen LogP contribution in [0.3, 0.4) is 0 Å². The molecule has 1 aromatic heterocycles. The van der Waals surface area contributed by atoms with Crippen LogP contribution in [0.1, 0.15) is 28.9 Å². The lowest BCUT2D eigenvalue weighted by Gasteiger charge is -2.56. The average molecular weight is 633 g/mol. The van der Waals surface area contributed by atoms with Crippen LogP contribution in [0, 0.1) is 11.3 Å². The second-order valence-electron chi connectivity index (χ2n) is 12.8. The zero-order valence-electron chi connectivity index (χ0n) is 24.7. The maximum Gasteiger partial charge on any atom is 0.311 e. The number of fused-ring (bicyclic) bond motifs is 7. The summed E-state index contributed by atoms with van der Waals surface area (Å²) in [6, 6.07) is 17.2. The Balaban J connectivity index is 1.33. The Morgan fingerprint density at radius 3 is 2.49 bits per heavy atom. The van der Waals surface area contributed by atoms with Gasteiger partial charge >= 0.3 is 5.97 Å². The number of ether oxygens (including phenoxy) is 3. The monoisotopic (exact) mass is 632 g/mol. The SMILES string of the molecule is O=C(O)[C@H]1C([C@H]2Oc3cc(O)cc(O)c3C[C@H]2O)=Cc2nc3ccccc3nc2C2=CC(=O)[C@@H]3C[C@@]21[C@H]1Oc2ccccc2C[C@H]1O3. The molecule has 7 atom stereocenters. The minimum absolute atomic E-state index is 0.00969. The highest BCUT2D eigenvalue weighted by Crippen LogP contribution is 2.61. The van der Waals surface area contributed by atoms with Crippen LogP contribution in [0.4, 0.5) is 0 Å². The number of phenolic OH excluding ortho intramolecular Hbond substituents is 2. The number of aromatic nitrogens is 2. The number of aliphatic hydroxyl groups is 1. The largest absolute Gasteiger partial charge is 0.508 e. The van der Waals surface area contributed by atoms with E-state index in [0.29, 0.717) is 45.7 Å². The predicted octanol–water partition coefficient (Wildman–Crippen LogP) is 3.62. The normalized spacial score (nSPS) is 30.1. The molecule has 0 unspecified atom stereocenters. The van der Waals surface area contributed by atoms with E-state index in [9.17, 15) is 30.0 Å². The third-order valence-corrected chi connectivity index (χ3v) is 10.2. The molecule has 2 aliphatic carbocycles. The van der Waals surface area contributed by atoms with Crippen molar-refractivity contribution in [2.45, 2.75) is 49.8 Å². The van der Waals surface area contributed by atoms with Crippen LogP contribution in [-0.4, -0.2) is 72.7 Å². The van der Waals surface area contributed by atoms with Crippen LogP contribution in [0.25, 0.3) is 22.7 Å². The Kier molecular flexibility index (Phi) is 5.88. The number of carbonyl (C=O) groups excluding carboxylic acids is 1. The van der Waals surface area contributed by atoms with Gasteiger partial charge in [-0.2, -0.15) is 0 Å². The summed E-state index contributed by atoms with van der Waals surface area (Å²) in [6.45, 7) is 0. The number of benzene rings is 3. The number of aromatic hydroxyl groups is 2. The molecule has 5 aliphatic rings. The summed E-state index contributed by atoms with van der Waals surface area (Å²) in [5, 5.41) is 43.7.